The molecule has 0 aromatic heterocycles. The van der Waals surface area contributed by atoms with Gasteiger partial charge in [0.15, 0.2) is 0 Å². The minimum atomic E-state index is -0.719. The quantitative estimate of drug-likeness (QED) is 0.614. The van der Waals surface area contributed by atoms with E-state index in [1.165, 1.54) is 0 Å². The highest BCUT2D eigenvalue weighted by Crippen LogP contribution is 2.29. The van der Waals surface area contributed by atoms with Crippen molar-refractivity contribution >= 4 is 18.0 Å². The van der Waals surface area contributed by atoms with Gasteiger partial charge in [-0.15, -0.1) is 0 Å². The molecule has 7 heteroatoms. The van der Waals surface area contributed by atoms with Gasteiger partial charge in [-0.25, -0.2) is 14.4 Å². The van der Waals surface area contributed by atoms with Gasteiger partial charge >= 0.3 is 18.0 Å². The van der Waals surface area contributed by atoms with Crippen LogP contribution in [0, 0.1) is 0 Å². The Labute approximate surface area is 162 Å². The van der Waals surface area contributed by atoms with E-state index in [2.05, 4.69) is 10.6 Å². The van der Waals surface area contributed by atoms with Gasteiger partial charge < -0.3 is 20.1 Å². The minimum absolute atomic E-state index is 0.213. The summed E-state index contributed by atoms with van der Waals surface area (Å²) in [4.78, 5) is 36.6. The number of urea groups is 1. The third-order valence-electron chi connectivity index (χ3n) is 4.18. The molecular formula is C21H20N2O5. The number of nitrogens with one attached hydrogen (secondary N) is 2. The van der Waals surface area contributed by atoms with Crippen molar-refractivity contribution in [2.75, 3.05) is 6.61 Å². The largest absolute Gasteiger partial charge is 0.463 e. The van der Waals surface area contributed by atoms with Crippen molar-refractivity contribution in [1.82, 2.24) is 10.6 Å². The first-order valence-electron chi connectivity index (χ1n) is 8.82. The van der Waals surface area contributed by atoms with Crippen LogP contribution in [0.4, 0.5) is 4.79 Å². The number of ether oxygens (including phenoxy) is 2. The fourth-order valence-electron chi connectivity index (χ4n) is 2.92. The molecule has 0 spiro atoms. The third-order valence-corrected chi connectivity index (χ3v) is 4.18. The summed E-state index contributed by atoms with van der Waals surface area (Å²) in [7, 11) is 0. The predicted octanol–water partition coefficient (Wildman–Crippen LogP) is 3.10. The standard InChI is InChI=1S/C21H20N2O5/c1-3-27-20(25)17-13(2)22-21(26)23-18(17)15-10-7-11-16(12-15)28-19(24)14-8-5-4-6-9-14/h4-12,18H,3H2,1-2H3,(H2,22,23,26). The van der Waals surface area contributed by atoms with E-state index in [1.807, 2.05) is 6.07 Å². The molecule has 0 saturated carbocycles. The topological polar surface area (TPSA) is 93.7 Å². The summed E-state index contributed by atoms with van der Waals surface area (Å²) in [6, 6.07) is 14.1. The van der Waals surface area contributed by atoms with Crippen molar-refractivity contribution in [1.29, 1.82) is 0 Å². The fraction of sp³-hybridized carbons (Fsp3) is 0.190. The van der Waals surface area contributed by atoms with Crippen molar-refractivity contribution < 1.29 is 23.9 Å². The molecule has 2 aromatic carbocycles. The Morgan fingerprint density at radius 1 is 1.04 bits per heavy atom. The molecule has 0 radical (unpaired) electrons. The SMILES string of the molecule is CCOC(=O)C1=C(C)NC(=O)NC1c1cccc(OC(=O)c2ccccc2)c1. The highest BCUT2D eigenvalue weighted by Gasteiger charge is 2.32. The van der Waals surface area contributed by atoms with Gasteiger partial charge in [0, 0.05) is 5.70 Å². The number of amides is 2. The maximum atomic E-state index is 12.4. The molecule has 7 nitrogen and oxygen atoms in total. The highest BCUT2D eigenvalue weighted by molar-refractivity contribution is 5.95. The number of hydrogen-bond acceptors (Lipinski definition) is 5. The number of carbonyl (C=O) groups excluding carboxylic acids is 3. The summed E-state index contributed by atoms with van der Waals surface area (Å²) >= 11 is 0. The lowest BCUT2D eigenvalue weighted by Crippen LogP contribution is -2.45. The van der Waals surface area contributed by atoms with Crippen LogP contribution >= 0.6 is 0 Å². The number of rotatable bonds is 5. The molecule has 1 heterocycles. The number of carbonyl (C=O) groups is 3. The van der Waals surface area contributed by atoms with Crippen molar-refractivity contribution in [3.8, 4) is 5.75 Å². The monoisotopic (exact) mass is 380 g/mol. The first kappa shape index (κ1) is 19.2. The maximum absolute atomic E-state index is 12.4. The summed E-state index contributed by atoms with van der Waals surface area (Å²) in [5, 5.41) is 5.30. The normalized spacial score (nSPS) is 16.1. The van der Waals surface area contributed by atoms with E-state index in [9.17, 15) is 14.4 Å². The summed E-state index contributed by atoms with van der Waals surface area (Å²) < 4.78 is 10.5. The number of esters is 2. The van der Waals surface area contributed by atoms with Crippen LogP contribution in [-0.4, -0.2) is 24.6 Å². The van der Waals surface area contributed by atoms with Gasteiger partial charge in [0.05, 0.1) is 23.8 Å². The molecule has 2 N–H and O–H groups in total. The van der Waals surface area contributed by atoms with Crippen LogP contribution in [0.25, 0.3) is 0 Å². The Bertz CT molecular complexity index is 937. The molecule has 1 aliphatic rings. The summed E-state index contributed by atoms with van der Waals surface area (Å²) in [6.45, 7) is 3.56. The van der Waals surface area contributed by atoms with E-state index in [0.29, 0.717) is 28.1 Å². The van der Waals surface area contributed by atoms with Crippen molar-refractivity contribution in [3.05, 3.63) is 77.0 Å². The van der Waals surface area contributed by atoms with E-state index in [0.717, 1.165) is 0 Å². The number of allylic oxidation sites excluding steroid dienone is 1. The average Bonchev–Trinajstić information content (AvgIpc) is 2.68. The Balaban J connectivity index is 1.89. The second kappa shape index (κ2) is 8.39. The average molecular weight is 380 g/mol. The van der Waals surface area contributed by atoms with E-state index in [1.54, 1.807) is 62.4 Å². The zero-order chi connectivity index (χ0) is 20.1. The van der Waals surface area contributed by atoms with Crippen LogP contribution in [-0.2, 0) is 9.53 Å². The smallest absolute Gasteiger partial charge is 0.343 e. The van der Waals surface area contributed by atoms with Gasteiger partial charge in [0.2, 0.25) is 0 Å². The molecule has 3 rings (SSSR count). The molecule has 0 bridgehead atoms. The summed E-state index contributed by atoms with van der Waals surface area (Å²) in [5.74, 6) is -0.714. The van der Waals surface area contributed by atoms with E-state index >= 15 is 0 Å². The lowest BCUT2D eigenvalue weighted by Gasteiger charge is -2.28. The van der Waals surface area contributed by atoms with Crippen molar-refractivity contribution in [2.24, 2.45) is 0 Å². The Morgan fingerprint density at radius 2 is 1.79 bits per heavy atom. The molecule has 1 atom stereocenters. The molecule has 0 aliphatic carbocycles. The van der Waals surface area contributed by atoms with Gasteiger partial charge in [-0.2, -0.15) is 0 Å². The van der Waals surface area contributed by atoms with Crippen LogP contribution < -0.4 is 15.4 Å². The Hall–Kier alpha value is -3.61. The summed E-state index contributed by atoms with van der Waals surface area (Å²) in [6.07, 6.45) is 0. The molecule has 1 unspecified atom stereocenters. The highest BCUT2D eigenvalue weighted by atomic mass is 16.5. The second-order valence-corrected chi connectivity index (χ2v) is 6.12. The molecule has 144 valence electrons. The van der Waals surface area contributed by atoms with Crippen LogP contribution in [0.1, 0.15) is 35.8 Å². The zero-order valence-corrected chi connectivity index (χ0v) is 15.5. The minimum Gasteiger partial charge on any atom is -0.463 e. The zero-order valence-electron chi connectivity index (χ0n) is 15.5. The van der Waals surface area contributed by atoms with Crippen LogP contribution in [0.5, 0.6) is 5.75 Å². The second-order valence-electron chi connectivity index (χ2n) is 6.12. The summed E-state index contributed by atoms with van der Waals surface area (Å²) in [5.41, 5.74) is 1.73. The molecular weight excluding hydrogens is 360 g/mol. The molecule has 2 amide bonds. The first-order chi connectivity index (χ1) is 13.5. The lowest BCUT2D eigenvalue weighted by atomic mass is 9.95. The molecule has 28 heavy (non-hydrogen) atoms. The van der Waals surface area contributed by atoms with Crippen LogP contribution in [0.15, 0.2) is 65.9 Å². The van der Waals surface area contributed by atoms with Crippen molar-refractivity contribution in [2.45, 2.75) is 19.9 Å². The Morgan fingerprint density at radius 3 is 2.50 bits per heavy atom. The number of benzene rings is 2. The molecule has 1 aliphatic heterocycles. The van der Waals surface area contributed by atoms with Gasteiger partial charge in [-0.3, -0.25) is 0 Å². The number of hydrogen-bond donors (Lipinski definition) is 2. The van der Waals surface area contributed by atoms with Gasteiger partial charge in [0.25, 0.3) is 0 Å². The molecule has 2 aromatic rings. The van der Waals surface area contributed by atoms with Crippen molar-refractivity contribution in [3.63, 3.8) is 0 Å². The lowest BCUT2D eigenvalue weighted by molar-refractivity contribution is -0.139. The van der Waals surface area contributed by atoms with E-state index in [-0.39, 0.29) is 6.61 Å². The van der Waals surface area contributed by atoms with Gasteiger partial charge in [-0.05, 0) is 43.7 Å². The predicted molar refractivity (Wildman–Crippen MR) is 102 cm³/mol. The first-order valence-corrected chi connectivity index (χ1v) is 8.82. The van der Waals surface area contributed by atoms with Gasteiger partial charge in [-0.1, -0.05) is 30.3 Å². The van der Waals surface area contributed by atoms with E-state index < -0.39 is 24.0 Å². The maximum Gasteiger partial charge on any atom is 0.343 e. The van der Waals surface area contributed by atoms with Crippen LogP contribution in [0.3, 0.4) is 0 Å². The van der Waals surface area contributed by atoms with Crippen LogP contribution in [0.2, 0.25) is 0 Å². The third kappa shape index (κ3) is 4.20. The van der Waals surface area contributed by atoms with Gasteiger partial charge in [0.1, 0.15) is 5.75 Å². The molecule has 0 saturated heterocycles. The molecule has 0 fully saturated rings. The fourth-order valence-corrected chi connectivity index (χ4v) is 2.92. The van der Waals surface area contributed by atoms with E-state index in [4.69, 9.17) is 9.47 Å². The Kier molecular flexibility index (Phi) is 5.74.